The third-order valence-electron chi connectivity index (χ3n) is 3.88. The van der Waals surface area contributed by atoms with Gasteiger partial charge in [0, 0.05) is 11.9 Å². The van der Waals surface area contributed by atoms with Crippen molar-refractivity contribution in [2.24, 2.45) is 4.99 Å². The lowest BCUT2D eigenvalue weighted by molar-refractivity contribution is 0.0697. The molecule has 1 heterocycles. The zero-order chi connectivity index (χ0) is 18.7. The number of benzene rings is 2. The first kappa shape index (κ1) is 17.2. The average Bonchev–Trinajstić information content (AvgIpc) is 2.94. The van der Waals surface area contributed by atoms with Crippen LogP contribution in [0.15, 0.2) is 58.3 Å². The molecule has 2 aromatic carbocycles. The molecule has 0 saturated carbocycles. The Morgan fingerprint density at radius 3 is 2.62 bits per heavy atom. The number of ether oxygens (including phenoxy) is 1. The molecule has 132 valence electrons. The van der Waals surface area contributed by atoms with E-state index < -0.39 is 5.97 Å². The molecular formula is C19H17N3O4. The van der Waals surface area contributed by atoms with E-state index in [9.17, 15) is 9.59 Å². The Balaban J connectivity index is 1.94. The van der Waals surface area contributed by atoms with Crippen LogP contribution in [0.5, 0.6) is 5.75 Å². The van der Waals surface area contributed by atoms with Gasteiger partial charge in [0.1, 0.15) is 5.75 Å². The summed E-state index contributed by atoms with van der Waals surface area (Å²) in [5.41, 5.74) is 2.09. The number of hydrogen-bond acceptors (Lipinski definition) is 4. The first-order valence-corrected chi connectivity index (χ1v) is 7.83. The van der Waals surface area contributed by atoms with Crippen LogP contribution < -0.4 is 10.3 Å². The van der Waals surface area contributed by atoms with E-state index >= 15 is 0 Å². The van der Waals surface area contributed by atoms with Crippen LogP contribution in [-0.2, 0) is 0 Å². The fourth-order valence-electron chi connectivity index (χ4n) is 2.48. The summed E-state index contributed by atoms with van der Waals surface area (Å²) in [7, 11) is 1.58. The van der Waals surface area contributed by atoms with E-state index in [-0.39, 0.29) is 11.1 Å². The molecule has 0 atom stereocenters. The molecule has 7 nitrogen and oxygen atoms in total. The topological polar surface area (TPSA) is 96.7 Å². The fourth-order valence-corrected chi connectivity index (χ4v) is 2.48. The minimum atomic E-state index is -1.03. The number of aromatic nitrogens is 2. The molecule has 3 rings (SSSR count). The second-order valence-corrected chi connectivity index (χ2v) is 5.60. The first-order chi connectivity index (χ1) is 12.5. The van der Waals surface area contributed by atoms with E-state index in [0.29, 0.717) is 28.4 Å². The van der Waals surface area contributed by atoms with Gasteiger partial charge in [-0.15, -0.1) is 0 Å². The summed E-state index contributed by atoms with van der Waals surface area (Å²) in [6.07, 6.45) is 1.44. The van der Waals surface area contributed by atoms with E-state index in [2.05, 4.69) is 10.1 Å². The predicted octanol–water partition coefficient (Wildman–Crippen LogP) is 2.93. The maximum Gasteiger partial charge on any atom is 0.335 e. The van der Waals surface area contributed by atoms with Gasteiger partial charge in [-0.1, -0.05) is 6.07 Å². The third-order valence-corrected chi connectivity index (χ3v) is 3.88. The minimum Gasteiger partial charge on any atom is -0.497 e. The number of carboxylic acid groups (broad SMARTS) is 1. The van der Waals surface area contributed by atoms with Gasteiger partial charge in [0.2, 0.25) is 0 Å². The van der Waals surface area contributed by atoms with Crippen LogP contribution in [0, 0.1) is 6.92 Å². The number of H-pyrrole nitrogens is 1. The van der Waals surface area contributed by atoms with Gasteiger partial charge < -0.3 is 9.84 Å². The van der Waals surface area contributed by atoms with E-state index in [1.165, 1.54) is 23.0 Å². The van der Waals surface area contributed by atoms with Crippen molar-refractivity contribution in [3.8, 4) is 11.4 Å². The van der Waals surface area contributed by atoms with Crippen LogP contribution in [-0.4, -0.2) is 34.2 Å². The number of nitrogens with zero attached hydrogens (tertiary/aromatic N) is 2. The molecule has 0 aliphatic heterocycles. The highest BCUT2D eigenvalue weighted by atomic mass is 16.5. The van der Waals surface area contributed by atoms with Gasteiger partial charge in [-0.05, 0) is 49.4 Å². The average molecular weight is 351 g/mol. The van der Waals surface area contributed by atoms with Crippen LogP contribution in [0.25, 0.3) is 5.69 Å². The maximum absolute atomic E-state index is 12.7. The molecule has 26 heavy (non-hydrogen) atoms. The lowest BCUT2D eigenvalue weighted by Gasteiger charge is -2.03. The molecule has 0 unspecified atom stereocenters. The molecule has 0 fully saturated rings. The number of carboxylic acids is 1. The summed E-state index contributed by atoms with van der Waals surface area (Å²) >= 11 is 0. The Labute approximate surface area is 149 Å². The number of rotatable bonds is 5. The fraction of sp³-hybridized carbons (Fsp3) is 0.105. The molecule has 7 heteroatoms. The quantitative estimate of drug-likeness (QED) is 0.691. The molecular weight excluding hydrogens is 334 g/mol. The maximum atomic E-state index is 12.7. The molecule has 2 N–H and O–H groups in total. The summed E-state index contributed by atoms with van der Waals surface area (Å²) in [6.45, 7) is 1.77. The van der Waals surface area contributed by atoms with Crippen molar-refractivity contribution >= 4 is 17.9 Å². The van der Waals surface area contributed by atoms with E-state index in [1.54, 1.807) is 50.4 Å². The Bertz CT molecular complexity index is 1030. The molecule has 0 saturated heterocycles. The van der Waals surface area contributed by atoms with Crippen molar-refractivity contribution in [2.75, 3.05) is 7.11 Å². The number of aliphatic imine (C=N–C) groups is 1. The number of aryl methyl sites for hydroxylation is 1. The van der Waals surface area contributed by atoms with Gasteiger partial charge in [0.25, 0.3) is 5.56 Å². The van der Waals surface area contributed by atoms with Gasteiger partial charge in [0.15, 0.2) is 0 Å². The Hall–Kier alpha value is -3.61. The van der Waals surface area contributed by atoms with Crippen LogP contribution in [0.3, 0.4) is 0 Å². The molecule has 0 aliphatic rings. The lowest BCUT2D eigenvalue weighted by atomic mass is 10.2. The zero-order valence-electron chi connectivity index (χ0n) is 14.3. The smallest absolute Gasteiger partial charge is 0.335 e. The highest BCUT2D eigenvalue weighted by Crippen LogP contribution is 2.16. The van der Waals surface area contributed by atoms with E-state index in [0.717, 1.165) is 0 Å². The highest BCUT2D eigenvalue weighted by Gasteiger charge is 2.11. The highest BCUT2D eigenvalue weighted by molar-refractivity contribution is 5.89. The molecule has 0 amide bonds. The zero-order valence-corrected chi connectivity index (χ0v) is 14.3. The van der Waals surface area contributed by atoms with E-state index in [4.69, 9.17) is 9.84 Å². The van der Waals surface area contributed by atoms with Crippen LogP contribution in [0.2, 0.25) is 0 Å². The Morgan fingerprint density at radius 1 is 1.23 bits per heavy atom. The first-order valence-electron chi connectivity index (χ1n) is 7.83. The molecule has 3 aromatic rings. The van der Waals surface area contributed by atoms with Gasteiger partial charge >= 0.3 is 5.97 Å². The number of aromatic amines is 1. The third kappa shape index (κ3) is 3.41. The van der Waals surface area contributed by atoms with Crippen molar-refractivity contribution in [1.82, 2.24) is 9.78 Å². The van der Waals surface area contributed by atoms with Gasteiger partial charge in [-0.3, -0.25) is 14.9 Å². The second-order valence-electron chi connectivity index (χ2n) is 5.60. The SMILES string of the molecule is COc1ccc(-n2[nH]c(C)c(C=Nc3cccc(C(=O)O)c3)c2=O)cc1. The van der Waals surface area contributed by atoms with Crippen molar-refractivity contribution in [3.63, 3.8) is 0 Å². The van der Waals surface area contributed by atoms with Gasteiger partial charge in [0.05, 0.1) is 29.6 Å². The van der Waals surface area contributed by atoms with Crippen LogP contribution >= 0.6 is 0 Å². The molecule has 0 radical (unpaired) electrons. The predicted molar refractivity (Wildman–Crippen MR) is 98.3 cm³/mol. The Morgan fingerprint density at radius 2 is 1.96 bits per heavy atom. The molecule has 0 aliphatic carbocycles. The summed E-state index contributed by atoms with van der Waals surface area (Å²) in [6, 6.07) is 13.3. The van der Waals surface area contributed by atoms with Crippen molar-refractivity contribution < 1.29 is 14.6 Å². The molecule has 1 aromatic heterocycles. The second kappa shape index (κ2) is 7.10. The normalized spacial score (nSPS) is 11.0. The van der Waals surface area contributed by atoms with Crippen molar-refractivity contribution in [3.05, 3.63) is 75.7 Å². The standard InChI is InChI=1S/C19H17N3O4/c1-12-17(11-20-14-5-3-4-13(10-14)19(24)25)18(23)22(21-12)15-6-8-16(26-2)9-7-15/h3-11,21H,1-2H3,(H,24,25). The molecule has 0 bridgehead atoms. The number of hydrogen-bond donors (Lipinski definition) is 2. The Kier molecular flexibility index (Phi) is 4.70. The number of methoxy groups -OCH3 is 1. The summed E-state index contributed by atoms with van der Waals surface area (Å²) in [4.78, 5) is 27.9. The lowest BCUT2D eigenvalue weighted by Crippen LogP contribution is -2.17. The summed E-state index contributed by atoms with van der Waals surface area (Å²) < 4.78 is 6.54. The number of nitrogens with one attached hydrogen (secondary N) is 1. The van der Waals surface area contributed by atoms with Gasteiger partial charge in [-0.2, -0.15) is 0 Å². The number of carbonyl (C=O) groups is 1. The minimum absolute atomic E-state index is 0.140. The van der Waals surface area contributed by atoms with Crippen LogP contribution in [0.1, 0.15) is 21.6 Å². The monoisotopic (exact) mass is 351 g/mol. The molecule has 0 spiro atoms. The van der Waals surface area contributed by atoms with Crippen LogP contribution in [0.4, 0.5) is 5.69 Å². The summed E-state index contributed by atoms with van der Waals surface area (Å²) in [5, 5.41) is 12.0. The van der Waals surface area contributed by atoms with Gasteiger partial charge in [-0.25, -0.2) is 9.48 Å². The van der Waals surface area contributed by atoms with Crippen molar-refractivity contribution in [2.45, 2.75) is 6.92 Å². The largest absolute Gasteiger partial charge is 0.497 e. The summed E-state index contributed by atoms with van der Waals surface area (Å²) in [5.74, 6) is -0.327. The van der Waals surface area contributed by atoms with Crippen molar-refractivity contribution in [1.29, 1.82) is 0 Å². The number of aromatic carboxylic acids is 1. The van der Waals surface area contributed by atoms with E-state index in [1.807, 2.05) is 0 Å².